The highest BCUT2D eigenvalue weighted by molar-refractivity contribution is 6.14. The molecule has 11 rings (SSSR count). The maximum Gasteiger partial charge on any atom is 0.143 e. The Morgan fingerprint density at radius 2 is 0.879 bits per heavy atom. The second-order valence-corrected chi connectivity index (χ2v) is 14.9. The summed E-state index contributed by atoms with van der Waals surface area (Å²) in [5, 5.41) is 7.11. The normalized spacial score (nSPS) is 11.4. The standard InChI is InChI=1S/C56H37NO/c1-3-15-40(16-4-1)48-22-11-12-25-54(48)57(46-30-28-39(29-31-46)45-27-26-38-14-7-8-19-42(38)34-45)47-32-33-49(52(37-47)41-17-5-2-6-18-41)50-23-13-24-51-53-35-43-20-9-10-21-44(43)36-55(53)58-56(50)51/h1-37H. The zero-order chi connectivity index (χ0) is 38.4. The van der Waals surface area contributed by atoms with E-state index in [0.717, 1.165) is 66.8 Å². The van der Waals surface area contributed by atoms with Crippen molar-refractivity contribution >= 4 is 60.5 Å². The van der Waals surface area contributed by atoms with Crippen LogP contribution in [0.5, 0.6) is 0 Å². The van der Waals surface area contributed by atoms with Crippen LogP contribution in [0.1, 0.15) is 0 Å². The average molecular weight is 740 g/mol. The van der Waals surface area contributed by atoms with E-state index in [1.54, 1.807) is 0 Å². The summed E-state index contributed by atoms with van der Waals surface area (Å²) in [5.74, 6) is 0. The molecule has 58 heavy (non-hydrogen) atoms. The molecule has 0 spiro atoms. The van der Waals surface area contributed by atoms with E-state index in [1.807, 2.05) is 0 Å². The Morgan fingerprint density at radius 1 is 0.293 bits per heavy atom. The lowest BCUT2D eigenvalue weighted by atomic mass is 9.92. The lowest BCUT2D eigenvalue weighted by Gasteiger charge is -2.29. The average Bonchev–Trinajstić information content (AvgIpc) is 3.67. The van der Waals surface area contributed by atoms with E-state index in [2.05, 4.69) is 229 Å². The molecule has 0 unspecified atom stereocenters. The number of para-hydroxylation sites is 2. The van der Waals surface area contributed by atoms with Crippen LogP contribution in [0.2, 0.25) is 0 Å². The van der Waals surface area contributed by atoms with Crippen LogP contribution in [0.4, 0.5) is 17.1 Å². The highest BCUT2D eigenvalue weighted by Crippen LogP contribution is 2.46. The van der Waals surface area contributed by atoms with Gasteiger partial charge in [0.1, 0.15) is 11.2 Å². The Morgan fingerprint density at radius 3 is 1.64 bits per heavy atom. The van der Waals surface area contributed by atoms with E-state index < -0.39 is 0 Å². The number of furan rings is 1. The van der Waals surface area contributed by atoms with E-state index in [-0.39, 0.29) is 0 Å². The number of anilines is 3. The van der Waals surface area contributed by atoms with Crippen LogP contribution >= 0.6 is 0 Å². The summed E-state index contributed by atoms with van der Waals surface area (Å²) in [6.07, 6.45) is 0. The predicted molar refractivity (Wildman–Crippen MR) is 245 cm³/mol. The van der Waals surface area contributed by atoms with Crippen LogP contribution in [-0.2, 0) is 0 Å². The van der Waals surface area contributed by atoms with Crippen molar-refractivity contribution in [3.05, 3.63) is 224 Å². The van der Waals surface area contributed by atoms with Crippen molar-refractivity contribution in [2.24, 2.45) is 0 Å². The molecule has 1 aromatic heterocycles. The molecule has 2 nitrogen and oxygen atoms in total. The van der Waals surface area contributed by atoms with Gasteiger partial charge in [0.15, 0.2) is 0 Å². The van der Waals surface area contributed by atoms with Crippen LogP contribution in [0.25, 0.3) is 88.0 Å². The number of nitrogens with zero attached hydrogens (tertiary/aromatic N) is 1. The molecule has 0 N–H and O–H groups in total. The predicted octanol–water partition coefficient (Wildman–Crippen LogP) is 16.0. The van der Waals surface area contributed by atoms with Crippen LogP contribution in [0, 0.1) is 0 Å². The summed E-state index contributed by atoms with van der Waals surface area (Å²) < 4.78 is 6.78. The zero-order valence-electron chi connectivity index (χ0n) is 31.7. The van der Waals surface area contributed by atoms with Gasteiger partial charge in [-0.05, 0) is 103 Å². The largest absolute Gasteiger partial charge is 0.455 e. The van der Waals surface area contributed by atoms with Gasteiger partial charge in [-0.15, -0.1) is 0 Å². The Hall–Kier alpha value is -7.68. The fourth-order valence-corrected chi connectivity index (χ4v) is 8.59. The molecule has 0 atom stereocenters. The fraction of sp³-hybridized carbons (Fsp3) is 0. The third-order valence-corrected chi connectivity index (χ3v) is 11.4. The molecular formula is C56H37NO. The fourth-order valence-electron chi connectivity index (χ4n) is 8.59. The molecule has 0 amide bonds. The summed E-state index contributed by atoms with van der Waals surface area (Å²) in [5.41, 5.74) is 14.2. The molecule has 0 bridgehead atoms. The first-order valence-corrected chi connectivity index (χ1v) is 19.8. The Bertz CT molecular complexity index is 3270. The van der Waals surface area contributed by atoms with Gasteiger partial charge < -0.3 is 9.32 Å². The highest BCUT2D eigenvalue weighted by atomic mass is 16.3. The highest BCUT2D eigenvalue weighted by Gasteiger charge is 2.21. The quantitative estimate of drug-likeness (QED) is 0.162. The maximum absolute atomic E-state index is 6.78. The van der Waals surface area contributed by atoms with Crippen molar-refractivity contribution in [3.8, 4) is 44.5 Å². The Balaban J connectivity index is 1.10. The van der Waals surface area contributed by atoms with Gasteiger partial charge in [0, 0.05) is 33.3 Å². The van der Waals surface area contributed by atoms with E-state index in [1.165, 1.54) is 38.2 Å². The molecular weight excluding hydrogens is 703 g/mol. The van der Waals surface area contributed by atoms with E-state index in [0.29, 0.717) is 0 Å². The molecule has 1 heterocycles. The van der Waals surface area contributed by atoms with Gasteiger partial charge >= 0.3 is 0 Å². The number of fused-ring (bicyclic) bond motifs is 5. The van der Waals surface area contributed by atoms with Gasteiger partial charge in [0.25, 0.3) is 0 Å². The number of hydrogen-bond donors (Lipinski definition) is 0. The molecule has 0 aliphatic carbocycles. The number of rotatable bonds is 7. The Labute approximate surface area is 337 Å². The minimum absolute atomic E-state index is 0.897. The van der Waals surface area contributed by atoms with Gasteiger partial charge in [-0.3, -0.25) is 0 Å². The molecule has 0 radical (unpaired) electrons. The second kappa shape index (κ2) is 14.1. The van der Waals surface area contributed by atoms with Crippen molar-refractivity contribution in [2.75, 3.05) is 4.90 Å². The molecule has 0 aliphatic rings. The molecule has 272 valence electrons. The summed E-state index contributed by atoms with van der Waals surface area (Å²) in [6.45, 7) is 0. The Kier molecular flexibility index (Phi) is 8.19. The minimum Gasteiger partial charge on any atom is -0.455 e. The smallest absolute Gasteiger partial charge is 0.143 e. The first-order chi connectivity index (χ1) is 28.7. The topological polar surface area (TPSA) is 16.4 Å². The molecule has 2 heteroatoms. The molecule has 0 saturated heterocycles. The van der Waals surface area contributed by atoms with Gasteiger partial charge in [0.2, 0.25) is 0 Å². The van der Waals surface area contributed by atoms with Crippen LogP contribution in [-0.4, -0.2) is 0 Å². The molecule has 0 aliphatic heterocycles. The van der Waals surface area contributed by atoms with Gasteiger partial charge in [-0.25, -0.2) is 0 Å². The van der Waals surface area contributed by atoms with Crippen molar-refractivity contribution in [1.29, 1.82) is 0 Å². The van der Waals surface area contributed by atoms with Crippen LogP contribution < -0.4 is 4.90 Å². The summed E-state index contributed by atoms with van der Waals surface area (Å²) in [4.78, 5) is 2.40. The first-order valence-electron chi connectivity index (χ1n) is 19.8. The lowest BCUT2D eigenvalue weighted by molar-refractivity contribution is 0.670. The van der Waals surface area contributed by atoms with Crippen LogP contribution in [0.15, 0.2) is 229 Å². The van der Waals surface area contributed by atoms with E-state index in [9.17, 15) is 0 Å². The lowest BCUT2D eigenvalue weighted by Crippen LogP contribution is -2.11. The number of hydrogen-bond acceptors (Lipinski definition) is 2. The molecule has 10 aromatic carbocycles. The summed E-state index contributed by atoms with van der Waals surface area (Å²) in [7, 11) is 0. The van der Waals surface area contributed by atoms with Crippen molar-refractivity contribution in [3.63, 3.8) is 0 Å². The van der Waals surface area contributed by atoms with Crippen molar-refractivity contribution in [2.45, 2.75) is 0 Å². The summed E-state index contributed by atoms with van der Waals surface area (Å²) >= 11 is 0. The molecule has 0 saturated carbocycles. The molecule has 0 fully saturated rings. The summed E-state index contributed by atoms with van der Waals surface area (Å²) in [6, 6.07) is 80.7. The second-order valence-electron chi connectivity index (χ2n) is 14.9. The van der Waals surface area contributed by atoms with Crippen LogP contribution in [0.3, 0.4) is 0 Å². The maximum atomic E-state index is 6.78. The van der Waals surface area contributed by atoms with E-state index in [4.69, 9.17) is 4.42 Å². The third-order valence-electron chi connectivity index (χ3n) is 11.4. The van der Waals surface area contributed by atoms with Gasteiger partial charge in [-0.2, -0.15) is 0 Å². The van der Waals surface area contributed by atoms with Crippen molar-refractivity contribution < 1.29 is 4.42 Å². The molecule has 11 aromatic rings. The van der Waals surface area contributed by atoms with Gasteiger partial charge in [-0.1, -0.05) is 176 Å². The zero-order valence-corrected chi connectivity index (χ0v) is 31.7. The first kappa shape index (κ1) is 33.6. The monoisotopic (exact) mass is 739 g/mol. The minimum atomic E-state index is 0.897. The van der Waals surface area contributed by atoms with E-state index >= 15 is 0 Å². The third kappa shape index (κ3) is 5.91. The van der Waals surface area contributed by atoms with Gasteiger partial charge in [0.05, 0.1) is 5.69 Å². The SMILES string of the molecule is c1ccc(-c2cc(N(c3ccc(-c4ccc5ccccc5c4)cc3)c3ccccc3-c3ccccc3)ccc2-c2cccc3c2oc2cc4ccccc4cc23)cc1. The number of benzene rings is 10. The van der Waals surface area contributed by atoms with Crippen molar-refractivity contribution in [1.82, 2.24) is 0 Å².